The molecule has 218 valence electrons. The van der Waals surface area contributed by atoms with Crippen LogP contribution in [0, 0.1) is 5.82 Å². The molecule has 2 aromatic heterocycles. The molecule has 0 bridgehead atoms. The summed E-state index contributed by atoms with van der Waals surface area (Å²) in [6.45, 7) is 5.26. The van der Waals surface area contributed by atoms with E-state index in [1.807, 2.05) is 41.5 Å². The van der Waals surface area contributed by atoms with Crippen molar-refractivity contribution in [3.8, 4) is 11.3 Å². The molecule has 1 aliphatic heterocycles. The van der Waals surface area contributed by atoms with Gasteiger partial charge in [-0.25, -0.2) is 22.3 Å². The predicted molar refractivity (Wildman–Crippen MR) is 163 cm³/mol. The van der Waals surface area contributed by atoms with Gasteiger partial charge in [0.15, 0.2) is 0 Å². The van der Waals surface area contributed by atoms with Crippen molar-refractivity contribution in [2.75, 3.05) is 66.8 Å². The van der Waals surface area contributed by atoms with E-state index >= 15 is 4.39 Å². The van der Waals surface area contributed by atoms with E-state index in [0.29, 0.717) is 48.0 Å². The van der Waals surface area contributed by atoms with Gasteiger partial charge in [-0.3, -0.25) is 9.21 Å². The maximum atomic E-state index is 15.4. The summed E-state index contributed by atoms with van der Waals surface area (Å²) in [6, 6.07) is 14.3. The third kappa shape index (κ3) is 6.27. The second kappa shape index (κ2) is 11.8. The second-order valence-electron chi connectivity index (χ2n) is 10.2. The SMILES string of the molecule is CSc1cc(N2CCN(C[C@H](C)O)CC2)c(F)cc1Nc1ncc2ccc(-c3ccccc3N(C)S(C)(=O)=O)n2n1. The summed E-state index contributed by atoms with van der Waals surface area (Å²) in [7, 11) is -1.96. The minimum Gasteiger partial charge on any atom is -0.392 e. The van der Waals surface area contributed by atoms with Crippen LogP contribution in [0.15, 0.2) is 59.6 Å². The topological polar surface area (TPSA) is 106 Å². The van der Waals surface area contributed by atoms with Crippen LogP contribution < -0.4 is 14.5 Å². The summed E-state index contributed by atoms with van der Waals surface area (Å²) >= 11 is 1.50. The number of benzene rings is 2. The number of β-amino-alcohol motifs (C(OH)–C–C–N with tert-alkyl or cyclic N) is 1. The Labute approximate surface area is 243 Å². The average Bonchev–Trinajstić information content (AvgIpc) is 3.36. The molecule has 10 nitrogen and oxygen atoms in total. The largest absolute Gasteiger partial charge is 0.392 e. The zero-order chi connectivity index (χ0) is 29.3. The van der Waals surface area contributed by atoms with Crippen molar-refractivity contribution in [3.63, 3.8) is 0 Å². The lowest BCUT2D eigenvalue weighted by Crippen LogP contribution is -2.48. The van der Waals surface area contributed by atoms with Gasteiger partial charge in [0.25, 0.3) is 0 Å². The number of thioether (sulfide) groups is 1. The van der Waals surface area contributed by atoms with E-state index in [-0.39, 0.29) is 17.9 Å². The molecule has 2 N–H and O–H groups in total. The predicted octanol–water partition coefficient (Wildman–Crippen LogP) is 3.90. The number of nitrogens with one attached hydrogen (secondary N) is 1. The number of para-hydroxylation sites is 1. The van der Waals surface area contributed by atoms with E-state index in [4.69, 9.17) is 0 Å². The Bertz CT molecular complexity index is 1650. The van der Waals surface area contributed by atoms with Crippen LogP contribution in [0.1, 0.15) is 6.92 Å². The number of nitrogens with zero attached hydrogens (tertiary/aromatic N) is 6. The van der Waals surface area contributed by atoms with Crippen LogP contribution in [0.25, 0.3) is 16.8 Å². The van der Waals surface area contributed by atoms with Gasteiger partial charge in [0, 0.05) is 56.3 Å². The molecule has 0 amide bonds. The molecule has 41 heavy (non-hydrogen) atoms. The van der Waals surface area contributed by atoms with Gasteiger partial charge in [-0.2, -0.15) is 0 Å². The lowest BCUT2D eigenvalue weighted by Gasteiger charge is -2.37. The van der Waals surface area contributed by atoms with E-state index < -0.39 is 10.0 Å². The van der Waals surface area contributed by atoms with E-state index in [0.717, 1.165) is 29.8 Å². The molecule has 3 heterocycles. The quantitative estimate of drug-likeness (QED) is 0.277. The monoisotopic (exact) mass is 599 g/mol. The summed E-state index contributed by atoms with van der Waals surface area (Å²) in [5.74, 6) is -0.0622. The standard InChI is InChI=1S/C28H34FN7O3S2/c1-19(37)18-34-11-13-35(14-12-34)26-16-27(40-3)23(15-22(26)29)31-28-30-17-20-9-10-25(36(20)32-28)21-7-5-6-8-24(21)33(2)41(4,38)39/h5-10,15-17,19,37H,11-14,18H2,1-4H3,(H,31,32)/t19-/m0/s1. The van der Waals surface area contributed by atoms with Gasteiger partial charge >= 0.3 is 0 Å². The number of sulfonamides is 1. The van der Waals surface area contributed by atoms with Crippen molar-refractivity contribution >= 4 is 50.3 Å². The van der Waals surface area contributed by atoms with Crippen LogP contribution in [0.4, 0.5) is 27.4 Å². The van der Waals surface area contributed by atoms with Gasteiger partial charge < -0.3 is 15.3 Å². The molecule has 0 spiro atoms. The maximum absolute atomic E-state index is 15.4. The Hall–Kier alpha value is -3.39. The fourth-order valence-corrected chi connectivity index (χ4v) is 6.10. The first-order valence-corrected chi connectivity index (χ1v) is 16.3. The Morgan fingerprint density at radius 1 is 1.15 bits per heavy atom. The van der Waals surface area contributed by atoms with E-state index in [1.165, 1.54) is 29.2 Å². The smallest absolute Gasteiger partial charge is 0.245 e. The van der Waals surface area contributed by atoms with Crippen LogP contribution in [0.3, 0.4) is 0 Å². The zero-order valence-corrected chi connectivity index (χ0v) is 25.1. The van der Waals surface area contributed by atoms with Crippen LogP contribution in [0.2, 0.25) is 0 Å². The molecule has 13 heteroatoms. The Morgan fingerprint density at radius 2 is 1.88 bits per heavy atom. The highest BCUT2D eigenvalue weighted by atomic mass is 32.2. The fourth-order valence-electron chi connectivity index (χ4n) is 5.02. The van der Waals surface area contributed by atoms with Crippen molar-refractivity contribution in [1.82, 2.24) is 19.5 Å². The Kier molecular flexibility index (Phi) is 8.41. The fraction of sp³-hybridized carbons (Fsp3) is 0.357. The van der Waals surface area contributed by atoms with Gasteiger partial charge in [0.1, 0.15) is 5.82 Å². The number of aliphatic hydroxyl groups is 1. The summed E-state index contributed by atoms with van der Waals surface area (Å²) < 4.78 is 42.9. The number of piperazine rings is 1. The third-order valence-electron chi connectivity index (χ3n) is 7.17. The molecule has 1 atom stereocenters. The normalized spacial score (nSPS) is 15.3. The highest BCUT2D eigenvalue weighted by Crippen LogP contribution is 2.35. The van der Waals surface area contributed by atoms with E-state index in [2.05, 4.69) is 20.3 Å². The molecule has 0 aliphatic carbocycles. The number of hydrogen-bond acceptors (Lipinski definition) is 9. The number of aromatic nitrogens is 3. The van der Waals surface area contributed by atoms with Crippen molar-refractivity contribution in [1.29, 1.82) is 0 Å². The van der Waals surface area contributed by atoms with E-state index in [9.17, 15) is 13.5 Å². The van der Waals surface area contributed by atoms with Crippen molar-refractivity contribution in [2.45, 2.75) is 17.9 Å². The number of rotatable bonds is 9. The van der Waals surface area contributed by atoms with Crippen molar-refractivity contribution < 1.29 is 17.9 Å². The summed E-state index contributed by atoms with van der Waals surface area (Å²) in [5.41, 5.74) is 3.74. The molecule has 0 radical (unpaired) electrons. The minimum absolute atomic E-state index is 0.276. The van der Waals surface area contributed by atoms with Crippen LogP contribution >= 0.6 is 11.8 Å². The lowest BCUT2D eigenvalue weighted by molar-refractivity contribution is 0.122. The molecule has 4 aromatic rings. The molecule has 5 rings (SSSR count). The molecule has 2 aromatic carbocycles. The third-order valence-corrected chi connectivity index (χ3v) is 9.14. The summed E-state index contributed by atoms with van der Waals surface area (Å²) in [5, 5.41) is 17.5. The molecule has 1 fully saturated rings. The van der Waals surface area contributed by atoms with Gasteiger partial charge in [-0.15, -0.1) is 16.9 Å². The number of aliphatic hydroxyl groups excluding tert-OH is 1. The molecule has 1 saturated heterocycles. The number of hydrogen-bond donors (Lipinski definition) is 2. The molecule has 0 saturated carbocycles. The Morgan fingerprint density at radius 3 is 2.56 bits per heavy atom. The number of halogens is 1. The van der Waals surface area contributed by atoms with Gasteiger partial charge in [0.05, 0.1) is 46.8 Å². The van der Waals surface area contributed by atoms with Gasteiger partial charge in [-0.05, 0) is 37.4 Å². The molecular formula is C28H34FN7O3S2. The average molecular weight is 600 g/mol. The van der Waals surface area contributed by atoms with Crippen LogP contribution in [-0.2, 0) is 10.0 Å². The molecule has 0 unspecified atom stereocenters. The van der Waals surface area contributed by atoms with Gasteiger partial charge in [0.2, 0.25) is 16.0 Å². The lowest BCUT2D eigenvalue weighted by atomic mass is 10.1. The van der Waals surface area contributed by atoms with Crippen molar-refractivity contribution in [2.24, 2.45) is 0 Å². The highest BCUT2D eigenvalue weighted by Gasteiger charge is 2.23. The number of anilines is 4. The first kappa shape index (κ1) is 29.1. The first-order valence-electron chi connectivity index (χ1n) is 13.2. The summed E-state index contributed by atoms with van der Waals surface area (Å²) in [4.78, 5) is 9.51. The second-order valence-corrected chi connectivity index (χ2v) is 13.0. The van der Waals surface area contributed by atoms with E-state index in [1.54, 1.807) is 29.8 Å². The van der Waals surface area contributed by atoms with Crippen LogP contribution in [-0.4, -0.2) is 91.4 Å². The highest BCUT2D eigenvalue weighted by molar-refractivity contribution is 7.98. The zero-order valence-electron chi connectivity index (χ0n) is 23.5. The molecular weight excluding hydrogens is 565 g/mol. The van der Waals surface area contributed by atoms with Crippen LogP contribution in [0.5, 0.6) is 0 Å². The van der Waals surface area contributed by atoms with Crippen molar-refractivity contribution in [3.05, 3.63) is 60.5 Å². The Balaban J connectivity index is 1.43. The maximum Gasteiger partial charge on any atom is 0.245 e. The first-order chi connectivity index (χ1) is 19.5. The minimum atomic E-state index is -3.48. The number of fused-ring (bicyclic) bond motifs is 1. The molecule has 1 aliphatic rings. The summed E-state index contributed by atoms with van der Waals surface area (Å²) in [6.07, 6.45) is 4.37. The van der Waals surface area contributed by atoms with Gasteiger partial charge in [-0.1, -0.05) is 18.2 Å².